The smallest absolute Gasteiger partial charge is 0.234 e. The highest BCUT2D eigenvalue weighted by atomic mass is 32.2. The third-order valence-electron chi connectivity index (χ3n) is 1.23. The van der Waals surface area contributed by atoms with Crippen LogP contribution >= 0.6 is 11.3 Å². The molecular formula is C5H8FN3O2S2. The molecule has 1 N–H and O–H groups in total. The van der Waals surface area contributed by atoms with Gasteiger partial charge in [-0.25, -0.2) is 12.8 Å². The summed E-state index contributed by atoms with van der Waals surface area (Å²) in [5.74, 6) is -0.536. The molecule has 0 bridgehead atoms. The van der Waals surface area contributed by atoms with Gasteiger partial charge in [0.05, 0.1) is 5.75 Å². The Labute approximate surface area is 78.9 Å². The molecule has 5 nitrogen and oxygen atoms in total. The van der Waals surface area contributed by atoms with Crippen molar-refractivity contribution in [1.82, 2.24) is 10.2 Å². The summed E-state index contributed by atoms with van der Waals surface area (Å²) in [6.07, 6.45) is 0. The maximum absolute atomic E-state index is 11.8. The fraction of sp³-hybridized carbons (Fsp3) is 0.600. The second-order valence-corrected chi connectivity index (χ2v) is 5.39. The van der Waals surface area contributed by atoms with E-state index in [0.29, 0.717) is 5.13 Å². The molecule has 0 aliphatic rings. The molecule has 8 heteroatoms. The van der Waals surface area contributed by atoms with Crippen LogP contribution in [0.25, 0.3) is 0 Å². The Balaban J connectivity index is 2.94. The molecule has 0 radical (unpaired) electrons. The number of rotatable bonds is 4. The van der Waals surface area contributed by atoms with Gasteiger partial charge in [0.25, 0.3) is 0 Å². The van der Waals surface area contributed by atoms with Gasteiger partial charge in [0.1, 0.15) is 6.67 Å². The van der Waals surface area contributed by atoms with Crippen LogP contribution in [0.15, 0.2) is 4.34 Å². The summed E-state index contributed by atoms with van der Waals surface area (Å²) in [7, 11) is -1.97. The van der Waals surface area contributed by atoms with Crippen molar-refractivity contribution in [3.05, 3.63) is 0 Å². The molecule has 0 fully saturated rings. The van der Waals surface area contributed by atoms with E-state index in [1.54, 1.807) is 7.05 Å². The van der Waals surface area contributed by atoms with Gasteiger partial charge in [0.2, 0.25) is 19.3 Å². The molecule has 0 saturated carbocycles. The topological polar surface area (TPSA) is 72.0 Å². The van der Waals surface area contributed by atoms with E-state index in [4.69, 9.17) is 0 Å². The van der Waals surface area contributed by atoms with Gasteiger partial charge in [-0.15, -0.1) is 10.2 Å². The van der Waals surface area contributed by atoms with Crippen molar-refractivity contribution in [2.24, 2.45) is 0 Å². The molecular weight excluding hydrogens is 217 g/mol. The highest BCUT2D eigenvalue weighted by Crippen LogP contribution is 2.20. The molecule has 1 aromatic heterocycles. The van der Waals surface area contributed by atoms with Crippen LogP contribution in [-0.4, -0.2) is 38.1 Å². The molecule has 0 aliphatic heterocycles. The number of sulfone groups is 1. The number of alkyl halides is 1. The van der Waals surface area contributed by atoms with Gasteiger partial charge < -0.3 is 5.32 Å². The van der Waals surface area contributed by atoms with Crippen LogP contribution in [0.4, 0.5) is 9.52 Å². The van der Waals surface area contributed by atoms with E-state index < -0.39 is 22.3 Å². The Hall–Kier alpha value is -0.760. The standard InChI is InChI=1S/C5H8FN3O2S2/c1-7-4-8-9-5(12-4)13(10,11)3-2-6/h2-3H2,1H3,(H,7,8). The predicted octanol–water partition coefficient (Wildman–Crippen LogP) is 0.323. The lowest BCUT2D eigenvalue weighted by atomic mass is 10.9. The summed E-state index contributed by atoms with van der Waals surface area (Å²) in [6.45, 7) is -0.906. The van der Waals surface area contributed by atoms with Crippen molar-refractivity contribution < 1.29 is 12.8 Å². The predicted molar refractivity (Wildman–Crippen MR) is 47.5 cm³/mol. The molecule has 13 heavy (non-hydrogen) atoms. The Morgan fingerprint density at radius 3 is 2.69 bits per heavy atom. The Bertz CT molecular complexity index is 375. The third-order valence-corrected chi connectivity index (χ3v) is 4.28. The van der Waals surface area contributed by atoms with E-state index in [1.807, 2.05) is 0 Å². The summed E-state index contributed by atoms with van der Waals surface area (Å²) in [6, 6.07) is 0. The van der Waals surface area contributed by atoms with Crippen molar-refractivity contribution in [1.29, 1.82) is 0 Å². The van der Waals surface area contributed by atoms with E-state index in [-0.39, 0.29) is 4.34 Å². The number of aromatic nitrogens is 2. The van der Waals surface area contributed by atoms with Crippen LogP contribution in [0.5, 0.6) is 0 Å². The van der Waals surface area contributed by atoms with E-state index in [0.717, 1.165) is 11.3 Å². The average molecular weight is 225 g/mol. The molecule has 0 spiro atoms. The number of hydrogen-bond acceptors (Lipinski definition) is 6. The van der Waals surface area contributed by atoms with Gasteiger partial charge in [-0.05, 0) is 0 Å². The number of anilines is 1. The molecule has 0 aromatic carbocycles. The first-order valence-corrected chi connectivity index (χ1v) is 5.87. The monoisotopic (exact) mass is 225 g/mol. The molecule has 0 atom stereocenters. The maximum Gasteiger partial charge on any atom is 0.234 e. The number of nitrogens with zero attached hydrogens (tertiary/aromatic N) is 2. The molecule has 1 heterocycles. The van der Waals surface area contributed by atoms with Gasteiger partial charge >= 0.3 is 0 Å². The fourth-order valence-electron chi connectivity index (χ4n) is 0.625. The van der Waals surface area contributed by atoms with Crippen LogP contribution in [0.1, 0.15) is 0 Å². The quantitative estimate of drug-likeness (QED) is 0.799. The summed E-state index contributed by atoms with van der Waals surface area (Å²) in [5.41, 5.74) is 0. The largest absolute Gasteiger partial charge is 0.363 e. The van der Waals surface area contributed by atoms with Crippen LogP contribution in [0.2, 0.25) is 0 Å². The van der Waals surface area contributed by atoms with Crippen molar-refractivity contribution in [2.45, 2.75) is 4.34 Å². The maximum atomic E-state index is 11.8. The highest BCUT2D eigenvalue weighted by molar-refractivity contribution is 7.93. The highest BCUT2D eigenvalue weighted by Gasteiger charge is 2.19. The zero-order chi connectivity index (χ0) is 9.90. The fourth-order valence-corrected chi connectivity index (χ4v) is 2.59. The van der Waals surface area contributed by atoms with E-state index >= 15 is 0 Å². The van der Waals surface area contributed by atoms with Gasteiger partial charge in [-0.1, -0.05) is 11.3 Å². The lowest BCUT2D eigenvalue weighted by Crippen LogP contribution is -2.07. The van der Waals surface area contributed by atoms with Gasteiger partial charge in [0.15, 0.2) is 0 Å². The summed E-state index contributed by atoms with van der Waals surface area (Å²) in [4.78, 5) is 0. The summed E-state index contributed by atoms with van der Waals surface area (Å²) >= 11 is 0.892. The second-order valence-electron chi connectivity index (χ2n) is 2.13. The summed E-state index contributed by atoms with van der Waals surface area (Å²) < 4.78 is 34.1. The first-order chi connectivity index (χ1) is 6.10. The first kappa shape index (κ1) is 10.3. The van der Waals surface area contributed by atoms with Crippen molar-refractivity contribution >= 4 is 26.3 Å². The minimum atomic E-state index is -3.57. The molecule has 1 aromatic rings. The van der Waals surface area contributed by atoms with Gasteiger partial charge in [-0.3, -0.25) is 0 Å². The van der Waals surface area contributed by atoms with Crippen LogP contribution in [-0.2, 0) is 9.84 Å². The van der Waals surface area contributed by atoms with E-state index in [2.05, 4.69) is 15.5 Å². The molecule has 0 aliphatic carbocycles. The Kier molecular flexibility index (Phi) is 3.15. The van der Waals surface area contributed by atoms with Crippen molar-refractivity contribution in [3.8, 4) is 0 Å². The number of halogens is 1. The molecule has 74 valence electrons. The molecule has 1 rings (SSSR count). The van der Waals surface area contributed by atoms with Gasteiger partial charge in [-0.2, -0.15) is 0 Å². The zero-order valence-corrected chi connectivity index (χ0v) is 8.45. The number of hydrogen-bond donors (Lipinski definition) is 1. The normalized spacial score (nSPS) is 11.5. The Morgan fingerprint density at radius 1 is 1.54 bits per heavy atom. The minimum Gasteiger partial charge on any atom is -0.363 e. The zero-order valence-electron chi connectivity index (χ0n) is 6.82. The third kappa shape index (κ3) is 2.34. The van der Waals surface area contributed by atoms with Crippen LogP contribution in [0.3, 0.4) is 0 Å². The van der Waals surface area contributed by atoms with Gasteiger partial charge in [0, 0.05) is 7.05 Å². The van der Waals surface area contributed by atoms with Crippen molar-refractivity contribution in [3.63, 3.8) is 0 Å². The lowest BCUT2D eigenvalue weighted by molar-refractivity contribution is 0.517. The Morgan fingerprint density at radius 2 is 2.23 bits per heavy atom. The summed E-state index contributed by atoms with van der Waals surface area (Å²) in [5, 5.41) is 10.0. The number of nitrogens with one attached hydrogen (secondary N) is 1. The molecule has 0 saturated heterocycles. The van der Waals surface area contributed by atoms with Crippen LogP contribution < -0.4 is 5.32 Å². The first-order valence-electron chi connectivity index (χ1n) is 3.40. The van der Waals surface area contributed by atoms with Crippen LogP contribution in [0, 0.1) is 0 Å². The average Bonchev–Trinajstić information content (AvgIpc) is 2.52. The second kappa shape index (κ2) is 3.97. The van der Waals surface area contributed by atoms with E-state index in [1.165, 1.54) is 0 Å². The lowest BCUT2D eigenvalue weighted by Gasteiger charge is -1.92. The van der Waals surface area contributed by atoms with E-state index in [9.17, 15) is 12.8 Å². The molecule has 0 unspecified atom stereocenters. The van der Waals surface area contributed by atoms with Crippen molar-refractivity contribution in [2.75, 3.05) is 24.8 Å². The molecule has 0 amide bonds. The minimum absolute atomic E-state index is 0.144. The SMILES string of the molecule is CNc1nnc(S(=O)(=O)CCF)s1.